The maximum atomic E-state index is 9.37. The fourth-order valence-electron chi connectivity index (χ4n) is 3.62. The SMILES string of the molecule is N#Cc1cccnc1N1CCC[C@H](c2nccn2Cc2ccncc2)C1. The third kappa shape index (κ3) is 3.29. The highest BCUT2D eigenvalue weighted by atomic mass is 15.2. The van der Waals surface area contributed by atoms with E-state index in [2.05, 4.69) is 30.5 Å². The number of pyridine rings is 2. The molecule has 4 rings (SSSR count). The predicted molar refractivity (Wildman–Crippen MR) is 98.7 cm³/mol. The average Bonchev–Trinajstić information content (AvgIpc) is 3.17. The number of anilines is 1. The summed E-state index contributed by atoms with van der Waals surface area (Å²) in [4.78, 5) is 15.4. The third-order valence-electron chi connectivity index (χ3n) is 4.84. The molecular formula is C20H20N6. The molecule has 3 aromatic heterocycles. The largest absolute Gasteiger partial charge is 0.355 e. The first-order valence-corrected chi connectivity index (χ1v) is 8.85. The van der Waals surface area contributed by atoms with Crippen molar-refractivity contribution in [2.24, 2.45) is 0 Å². The first-order valence-electron chi connectivity index (χ1n) is 8.85. The molecule has 1 saturated heterocycles. The molecule has 0 unspecified atom stereocenters. The summed E-state index contributed by atoms with van der Waals surface area (Å²) in [5, 5.41) is 9.37. The van der Waals surface area contributed by atoms with Gasteiger partial charge in [-0.3, -0.25) is 4.98 Å². The number of nitrogens with zero attached hydrogens (tertiary/aromatic N) is 6. The molecule has 1 atom stereocenters. The van der Waals surface area contributed by atoms with Gasteiger partial charge in [-0.25, -0.2) is 9.97 Å². The molecule has 3 aromatic rings. The average molecular weight is 344 g/mol. The van der Waals surface area contributed by atoms with E-state index in [0.29, 0.717) is 11.5 Å². The number of nitriles is 1. The fraction of sp³-hybridized carbons (Fsp3) is 0.300. The quantitative estimate of drug-likeness (QED) is 0.728. The predicted octanol–water partition coefficient (Wildman–Crippen LogP) is 2.98. The van der Waals surface area contributed by atoms with Gasteiger partial charge in [0, 0.05) is 56.5 Å². The van der Waals surface area contributed by atoms with Gasteiger partial charge in [-0.05, 0) is 42.7 Å². The second-order valence-corrected chi connectivity index (χ2v) is 6.54. The van der Waals surface area contributed by atoms with Gasteiger partial charge in [0.25, 0.3) is 0 Å². The highest BCUT2D eigenvalue weighted by Gasteiger charge is 2.26. The summed E-state index contributed by atoms with van der Waals surface area (Å²) in [5.41, 5.74) is 1.84. The smallest absolute Gasteiger partial charge is 0.146 e. The summed E-state index contributed by atoms with van der Waals surface area (Å²) < 4.78 is 2.22. The van der Waals surface area contributed by atoms with Crippen LogP contribution in [0, 0.1) is 11.3 Å². The van der Waals surface area contributed by atoms with Crippen LogP contribution in [-0.4, -0.2) is 32.6 Å². The molecular weight excluding hydrogens is 324 g/mol. The van der Waals surface area contributed by atoms with Crippen molar-refractivity contribution in [3.05, 3.63) is 72.2 Å². The minimum Gasteiger partial charge on any atom is -0.355 e. The van der Waals surface area contributed by atoms with Crippen LogP contribution in [0.25, 0.3) is 0 Å². The summed E-state index contributed by atoms with van der Waals surface area (Å²) >= 11 is 0. The monoisotopic (exact) mass is 344 g/mol. The molecule has 1 aliphatic rings. The van der Waals surface area contributed by atoms with Crippen LogP contribution in [0.5, 0.6) is 0 Å². The van der Waals surface area contributed by atoms with Crippen LogP contribution in [0.1, 0.15) is 35.7 Å². The lowest BCUT2D eigenvalue weighted by molar-refractivity contribution is 0.474. The molecule has 130 valence electrons. The number of imidazole rings is 1. The van der Waals surface area contributed by atoms with E-state index in [-0.39, 0.29) is 0 Å². The Bertz CT molecular complexity index is 911. The summed E-state index contributed by atoms with van der Waals surface area (Å²) in [6.45, 7) is 2.55. The molecule has 1 fully saturated rings. The zero-order valence-corrected chi connectivity index (χ0v) is 14.5. The van der Waals surface area contributed by atoms with E-state index < -0.39 is 0 Å². The van der Waals surface area contributed by atoms with E-state index in [1.165, 1.54) is 5.56 Å². The first-order chi connectivity index (χ1) is 12.8. The Morgan fingerprint density at radius 2 is 2.00 bits per heavy atom. The van der Waals surface area contributed by atoms with Crippen molar-refractivity contribution in [3.8, 4) is 6.07 Å². The minimum absolute atomic E-state index is 0.328. The maximum absolute atomic E-state index is 9.37. The Morgan fingerprint density at radius 3 is 2.85 bits per heavy atom. The molecule has 0 amide bonds. The van der Waals surface area contributed by atoms with Gasteiger partial charge >= 0.3 is 0 Å². The summed E-state index contributed by atoms with van der Waals surface area (Å²) in [7, 11) is 0. The number of hydrogen-bond acceptors (Lipinski definition) is 5. The van der Waals surface area contributed by atoms with Gasteiger partial charge in [-0.2, -0.15) is 5.26 Å². The lowest BCUT2D eigenvalue weighted by Gasteiger charge is -2.33. The molecule has 0 bridgehead atoms. The Kier molecular flexibility index (Phi) is 4.61. The molecule has 0 aromatic carbocycles. The van der Waals surface area contributed by atoms with Crippen molar-refractivity contribution in [2.45, 2.75) is 25.3 Å². The summed E-state index contributed by atoms with van der Waals surface area (Å²) in [6.07, 6.45) is 11.5. The standard InChI is InChI=1S/C20H20N6/c21-13-17-3-1-7-23-19(17)25-11-2-4-18(15-25)20-24-10-12-26(20)14-16-5-8-22-9-6-16/h1,3,5-10,12,18H,2,4,11,14-15H2/t18-/m0/s1. The van der Waals surface area contributed by atoms with Crippen molar-refractivity contribution in [2.75, 3.05) is 18.0 Å². The molecule has 6 heteroatoms. The fourth-order valence-corrected chi connectivity index (χ4v) is 3.62. The zero-order valence-electron chi connectivity index (χ0n) is 14.5. The molecule has 26 heavy (non-hydrogen) atoms. The highest BCUT2D eigenvalue weighted by molar-refractivity contribution is 5.54. The van der Waals surface area contributed by atoms with E-state index in [9.17, 15) is 5.26 Å². The maximum Gasteiger partial charge on any atom is 0.146 e. The highest BCUT2D eigenvalue weighted by Crippen LogP contribution is 2.30. The third-order valence-corrected chi connectivity index (χ3v) is 4.84. The van der Waals surface area contributed by atoms with E-state index in [1.807, 2.05) is 49.1 Å². The normalized spacial score (nSPS) is 17.0. The number of hydrogen-bond donors (Lipinski definition) is 0. The van der Waals surface area contributed by atoms with Crippen LogP contribution < -0.4 is 4.90 Å². The van der Waals surface area contributed by atoms with Crippen LogP contribution in [-0.2, 0) is 6.54 Å². The topological polar surface area (TPSA) is 70.6 Å². The van der Waals surface area contributed by atoms with Gasteiger partial charge in [0.2, 0.25) is 0 Å². The molecule has 0 spiro atoms. The van der Waals surface area contributed by atoms with Crippen LogP contribution in [0.15, 0.2) is 55.2 Å². The van der Waals surface area contributed by atoms with Crippen molar-refractivity contribution < 1.29 is 0 Å². The molecule has 0 aliphatic carbocycles. The number of piperidine rings is 1. The van der Waals surface area contributed by atoms with Crippen LogP contribution in [0.4, 0.5) is 5.82 Å². The van der Waals surface area contributed by atoms with Gasteiger partial charge in [0.05, 0.1) is 5.56 Å². The molecule has 0 N–H and O–H groups in total. The van der Waals surface area contributed by atoms with Crippen LogP contribution in [0.3, 0.4) is 0 Å². The Balaban J connectivity index is 1.56. The lowest BCUT2D eigenvalue weighted by Crippen LogP contribution is -2.36. The van der Waals surface area contributed by atoms with Crippen molar-refractivity contribution in [3.63, 3.8) is 0 Å². The van der Waals surface area contributed by atoms with Gasteiger partial charge in [0.15, 0.2) is 0 Å². The number of rotatable bonds is 4. The molecule has 6 nitrogen and oxygen atoms in total. The molecule has 0 radical (unpaired) electrons. The van der Waals surface area contributed by atoms with Crippen molar-refractivity contribution in [1.82, 2.24) is 19.5 Å². The summed E-state index contributed by atoms with van der Waals surface area (Å²) in [6, 6.07) is 9.96. The van der Waals surface area contributed by atoms with E-state index in [0.717, 1.165) is 44.1 Å². The Hall–Kier alpha value is -3.20. The molecule has 1 aliphatic heterocycles. The molecule has 4 heterocycles. The van der Waals surface area contributed by atoms with E-state index in [4.69, 9.17) is 0 Å². The van der Waals surface area contributed by atoms with Crippen molar-refractivity contribution in [1.29, 1.82) is 5.26 Å². The van der Waals surface area contributed by atoms with Gasteiger partial charge in [-0.15, -0.1) is 0 Å². The van der Waals surface area contributed by atoms with Crippen molar-refractivity contribution >= 4 is 5.82 Å². The summed E-state index contributed by atoms with van der Waals surface area (Å²) in [5.74, 6) is 2.21. The number of aromatic nitrogens is 4. The van der Waals surface area contributed by atoms with Gasteiger partial charge < -0.3 is 9.47 Å². The van der Waals surface area contributed by atoms with E-state index >= 15 is 0 Å². The Labute approximate surface area is 152 Å². The van der Waals surface area contributed by atoms with E-state index in [1.54, 1.807) is 6.20 Å². The second kappa shape index (κ2) is 7.36. The zero-order chi connectivity index (χ0) is 17.8. The second-order valence-electron chi connectivity index (χ2n) is 6.54. The van der Waals surface area contributed by atoms with Crippen LogP contribution >= 0.6 is 0 Å². The first kappa shape index (κ1) is 16.3. The molecule has 0 saturated carbocycles. The Morgan fingerprint density at radius 1 is 1.12 bits per heavy atom. The van der Waals surface area contributed by atoms with Gasteiger partial charge in [0.1, 0.15) is 17.7 Å². The van der Waals surface area contributed by atoms with Crippen LogP contribution in [0.2, 0.25) is 0 Å². The van der Waals surface area contributed by atoms with Gasteiger partial charge in [-0.1, -0.05) is 0 Å². The minimum atomic E-state index is 0.328. The lowest BCUT2D eigenvalue weighted by atomic mass is 9.96.